The topological polar surface area (TPSA) is 55.4 Å². The van der Waals surface area contributed by atoms with E-state index in [0.29, 0.717) is 21.6 Å². The summed E-state index contributed by atoms with van der Waals surface area (Å²) in [5, 5.41) is 4.82. The monoisotopic (exact) mass is 291 g/mol. The van der Waals surface area contributed by atoms with Gasteiger partial charge in [0.1, 0.15) is 10.6 Å². The zero-order chi connectivity index (χ0) is 11.4. The van der Waals surface area contributed by atoms with Crippen LogP contribution in [0.3, 0.4) is 0 Å². The summed E-state index contributed by atoms with van der Waals surface area (Å²) in [7, 11) is 0. The van der Waals surface area contributed by atoms with Crippen molar-refractivity contribution >= 4 is 44.1 Å². The molecule has 0 spiro atoms. The van der Waals surface area contributed by atoms with E-state index in [4.69, 9.17) is 4.74 Å². The molecule has 0 saturated carbocycles. The fraction of sp³-hybridized carbons (Fsp3) is 0.333. The van der Waals surface area contributed by atoms with E-state index in [-0.39, 0.29) is 5.91 Å². The fourth-order valence-electron chi connectivity index (χ4n) is 0.982. The summed E-state index contributed by atoms with van der Waals surface area (Å²) in [6, 6.07) is 0. The molecule has 0 fully saturated rings. The molecule has 1 amide bonds. The Morgan fingerprint density at radius 1 is 1.60 bits per heavy atom. The smallest absolute Gasteiger partial charge is 0.342 e. The lowest BCUT2D eigenvalue weighted by atomic mass is 10.3. The Morgan fingerprint density at radius 2 is 2.27 bits per heavy atom. The minimum Gasteiger partial charge on any atom is -0.462 e. The summed E-state index contributed by atoms with van der Waals surface area (Å²) >= 11 is 4.51. The Labute approximate surface area is 99.8 Å². The number of hydrogen-bond donors (Lipinski definition) is 1. The average Bonchev–Trinajstić information content (AvgIpc) is 2.46. The minimum atomic E-state index is -0.436. The number of halogens is 1. The van der Waals surface area contributed by atoms with Crippen LogP contribution < -0.4 is 5.32 Å². The quantitative estimate of drug-likeness (QED) is 0.871. The lowest BCUT2D eigenvalue weighted by molar-refractivity contribution is -0.114. The summed E-state index contributed by atoms with van der Waals surface area (Å²) < 4.78 is 5.51. The molecule has 1 N–H and O–H groups in total. The Morgan fingerprint density at radius 3 is 2.80 bits per heavy atom. The number of carbonyl (C=O) groups excluding carboxylic acids is 2. The number of nitrogens with one attached hydrogen (secondary N) is 1. The van der Waals surface area contributed by atoms with E-state index in [2.05, 4.69) is 21.2 Å². The van der Waals surface area contributed by atoms with E-state index in [1.807, 2.05) is 0 Å². The van der Waals surface area contributed by atoms with Gasteiger partial charge in [-0.05, 0) is 22.9 Å². The van der Waals surface area contributed by atoms with E-state index in [0.717, 1.165) is 0 Å². The molecule has 0 aliphatic heterocycles. The zero-order valence-electron chi connectivity index (χ0n) is 8.30. The zero-order valence-corrected chi connectivity index (χ0v) is 10.7. The Hall–Kier alpha value is -0.880. The number of carbonyl (C=O) groups is 2. The van der Waals surface area contributed by atoms with Crippen LogP contribution in [0.15, 0.2) is 9.85 Å². The van der Waals surface area contributed by atoms with E-state index in [1.165, 1.54) is 18.3 Å². The van der Waals surface area contributed by atoms with Gasteiger partial charge in [-0.2, -0.15) is 0 Å². The molecule has 0 radical (unpaired) electrons. The van der Waals surface area contributed by atoms with Gasteiger partial charge in [-0.1, -0.05) is 0 Å². The van der Waals surface area contributed by atoms with Gasteiger partial charge in [0, 0.05) is 16.8 Å². The van der Waals surface area contributed by atoms with Gasteiger partial charge in [-0.3, -0.25) is 4.79 Å². The van der Waals surface area contributed by atoms with E-state index >= 15 is 0 Å². The van der Waals surface area contributed by atoms with Gasteiger partial charge in [-0.15, -0.1) is 11.3 Å². The van der Waals surface area contributed by atoms with Crippen molar-refractivity contribution in [1.29, 1.82) is 0 Å². The molecule has 1 heterocycles. The summed E-state index contributed by atoms with van der Waals surface area (Å²) in [6.07, 6.45) is 0. The number of esters is 1. The standard InChI is InChI=1S/C9H10BrNO3S/c1-3-14-9(13)7-6(10)4-15-8(7)11-5(2)12/h4H,3H2,1-2H3,(H,11,12). The highest BCUT2D eigenvalue weighted by atomic mass is 79.9. The van der Waals surface area contributed by atoms with Crippen LogP contribution in [0.4, 0.5) is 5.00 Å². The lowest BCUT2D eigenvalue weighted by Gasteiger charge is -2.04. The minimum absolute atomic E-state index is 0.213. The van der Waals surface area contributed by atoms with Crippen LogP contribution >= 0.6 is 27.3 Å². The molecule has 0 aliphatic carbocycles. The highest BCUT2D eigenvalue weighted by molar-refractivity contribution is 9.10. The average molecular weight is 292 g/mol. The van der Waals surface area contributed by atoms with Crippen molar-refractivity contribution in [1.82, 2.24) is 0 Å². The van der Waals surface area contributed by atoms with Crippen molar-refractivity contribution in [2.45, 2.75) is 13.8 Å². The second-order valence-corrected chi connectivity index (χ2v) is 4.42. The largest absolute Gasteiger partial charge is 0.462 e. The van der Waals surface area contributed by atoms with Crippen LogP contribution in [-0.2, 0) is 9.53 Å². The molecule has 1 rings (SSSR count). The van der Waals surface area contributed by atoms with Gasteiger partial charge < -0.3 is 10.1 Å². The van der Waals surface area contributed by atoms with Gasteiger partial charge in [-0.25, -0.2) is 4.79 Å². The van der Waals surface area contributed by atoms with Crippen LogP contribution in [0.5, 0.6) is 0 Å². The van der Waals surface area contributed by atoms with E-state index in [9.17, 15) is 9.59 Å². The molecule has 1 aromatic heterocycles. The molecule has 15 heavy (non-hydrogen) atoms. The second kappa shape index (κ2) is 5.27. The Bertz CT molecular complexity index is 389. The van der Waals surface area contributed by atoms with Crippen molar-refractivity contribution in [3.05, 3.63) is 15.4 Å². The number of amides is 1. The third kappa shape index (κ3) is 3.04. The maximum absolute atomic E-state index is 11.5. The first kappa shape index (κ1) is 12.2. The summed E-state index contributed by atoms with van der Waals surface area (Å²) in [5.74, 6) is -0.649. The lowest BCUT2D eigenvalue weighted by Crippen LogP contribution is -2.11. The summed E-state index contributed by atoms with van der Waals surface area (Å²) in [5.41, 5.74) is 0.372. The SMILES string of the molecule is CCOC(=O)c1c(Br)csc1NC(C)=O. The van der Waals surface area contributed by atoms with Crippen molar-refractivity contribution in [2.75, 3.05) is 11.9 Å². The number of thiophene rings is 1. The molecule has 0 aromatic carbocycles. The van der Waals surface area contributed by atoms with Crippen molar-refractivity contribution < 1.29 is 14.3 Å². The molecule has 1 aromatic rings. The fourth-order valence-corrected chi connectivity index (χ4v) is 2.61. The second-order valence-electron chi connectivity index (χ2n) is 2.69. The molecule has 0 saturated heterocycles. The maximum atomic E-state index is 11.5. The molecule has 6 heteroatoms. The first-order chi connectivity index (χ1) is 7.06. The van der Waals surface area contributed by atoms with Crippen molar-refractivity contribution in [3.8, 4) is 0 Å². The van der Waals surface area contributed by atoms with E-state index < -0.39 is 5.97 Å². The molecule has 0 bridgehead atoms. The van der Waals surface area contributed by atoms with E-state index in [1.54, 1.807) is 12.3 Å². The Kier molecular flexibility index (Phi) is 4.28. The van der Waals surface area contributed by atoms with Crippen LogP contribution in [0.1, 0.15) is 24.2 Å². The molecule has 0 atom stereocenters. The van der Waals surface area contributed by atoms with Crippen LogP contribution in [0.2, 0.25) is 0 Å². The Balaban J connectivity index is 2.98. The summed E-state index contributed by atoms with van der Waals surface area (Å²) in [4.78, 5) is 22.4. The molecular weight excluding hydrogens is 282 g/mol. The van der Waals surface area contributed by atoms with Crippen LogP contribution in [-0.4, -0.2) is 18.5 Å². The van der Waals surface area contributed by atoms with Crippen molar-refractivity contribution in [3.63, 3.8) is 0 Å². The summed E-state index contributed by atoms with van der Waals surface area (Å²) in [6.45, 7) is 3.43. The molecule has 82 valence electrons. The third-order valence-corrected chi connectivity index (χ3v) is 3.34. The molecule has 0 aliphatic rings. The molecular formula is C9H10BrNO3S. The number of anilines is 1. The van der Waals surface area contributed by atoms with Crippen LogP contribution in [0, 0.1) is 0 Å². The first-order valence-corrected chi connectivity index (χ1v) is 5.95. The predicted octanol–water partition coefficient (Wildman–Crippen LogP) is 2.65. The maximum Gasteiger partial charge on any atom is 0.342 e. The van der Waals surface area contributed by atoms with Crippen LogP contribution in [0.25, 0.3) is 0 Å². The van der Waals surface area contributed by atoms with Gasteiger partial charge in [0.15, 0.2) is 0 Å². The molecule has 4 nitrogen and oxygen atoms in total. The number of ether oxygens (including phenoxy) is 1. The highest BCUT2D eigenvalue weighted by Gasteiger charge is 2.19. The highest BCUT2D eigenvalue weighted by Crippen LogP contribution is 2.32. The van der Waals surface area contributed by atoms with Gasteiger partial charge in [0.25, 0.3) is 0 Å². The van der Waals surface area contributed by atoms with Gasteiger partial charge in [0.05, 0.1) is 6.61 Å². The van der Waals surface area contributed by atoms with Gasteiger partial charge in [0.2, 0.25) is 5.91 Å². The number of hydrogen-bond acceptors (Lipinski definition) is 4. The molecule has 0 unspecified atom stereocenters. The third-order valence-electron chi connectivity index (χ3n) is 1.52. The van der Waals surface area contributed by atoms with Crippen molar-refractivity contribution in [2.24, 2.45) is 0 Å². The number of rotatable bonds is 3. The normalized spacial score (nSPS) is 9.80. The van der Waals surface area contributed by atoms with Gasteiger partial charge >= 0.3 is 5.97 Å². The predicted molar refractivity (Wildman–Crippen MR) is 62.3 cm³/mol. The first-order valence-electron chi connectivity index (χ1n) is 4.28.